The first kappa shape index (κ1) is 28.6. The SMILES string of the molecule is CCOc1cc2c(cc1OC)C(c1ccc(C(=O)N(C(C)C)[C@@H](C)COC(C)=O)cc1)=N[C@@H]1CCN(C)C[C@H]21. The molecule has 1 amide bonds. The number of hydrogen-bond acceptors (Lipinski definition) is 7. The number of fused-ring (bicyclic) bond motifs is 3. The molecule has 1 saturated heterocycles. The summed E-state index contributed by atoms with van der Waals surface area (Å²) in [7, 11) is 3.82. The number of likely N-dealkylation sites (tertiary alicyclic amines) is 1. The van der Waals surface area contributed by atoms with Gasteiger partial charge in [-0.2, -0.15) is 0 Å². The molecule has 4 rings (SSSR count). The summed E-state index contributed by atoms with van der Waals surface area (Å²) >= 11 is 0. The van der Waals surface area contributed by atoms with Crippen LogP contribution in [0.5, 0.6) is 11.5 Å². The van der Waals surface area contributed by atoms with Crippen molar-refractivity contribution < 1.29 is 23.8 Å². The summed E-state index contributed by atoms with van der Waals surface area (Å²) in [5.74, 6) is 1.27. The summed E-state index contributed by atoms with van der Waals surface area (Å²) in [6.07, 6.45) is 0.986. The molecule has 2 aliphatic heterocycles. The van der Waals surface area contributed by atoms with Crippen molar-refractivity contribution in [3.05, 3.63) is 58.7 Å². The zero-order valence-electron chi connectivity index (χ0n) is 24.2. The number of amides is 1. The zero-order valence-corrected chi connectivity index (χ0v) is 24.2. The number of benzene rings is 2. The van der Waals surface area contributed by atoms with Gasteiger partial charge in [-0.05, 0) is 77.5 Å². The van der Waals surface area contributed by atoms with E-state index in [1.165, 1.54) is 12.5 Å². The summed E-state index contributed by atoms with van der Waals surface area (Å²) in [5.41, 5.74) is 4.73. The van der Waals surface area contributed by atoms with E-state index >= 15 is 0 Å². The van der Waals surface area contributed by atoms with E-state index in [9.17, 15) is 9.59 Å². The molecule has 2 aromatic rings. The molecule has 39 heavy (non-hydrogen) atoms. The lowest BCUT2D eigenvalue weighted by molar-refractivity contribution is -0.142. The van der Waals surface area contributed by atoms with Gasteiger partial charge in [-0.1, -0.05) is 12.1 Å². The first-order valence-electron chi connectivity index (χ1n) is 13.8. The first-order valence-corrected chi connectivity index (χ1v) is 13.8. The molecule has 2 aromatic carbocycles. The van der Waals surface area contributed by atoms with Gasteiger partial charge in [0.05, 0.1) is 31.5 Å². The normalized spacial score (nSPS) is 19.4. The number of likely N-dealkylation sites (N-methyl/N-ethyl adjacent to an activating group) is 1. The molecule has 0 N–H and O–H groups in total. The molecular formula is C31H41N3O5. The van der Waals surface area contributed by atoms with E-state index in [2.05, 4.69) is 18.0 Å². The summed E-state index contributed by atoms with van der Waals surface area (Å²) in [6, 6.07) is 11.7. The maximum absolute atomic E-state index is 13.5. The van der Waals surface area contributed by atoms with Crippen molar-refractivity contribution >= 4 is 17.6 Å². The van der Waals surface area contributed by atoms with Gasteiger partial charge in [-0.15, -0.1) is 0 Å². The van der Waals surface area contributed by atoms with Gasteiger partial charge < -0.3 is 24.0 Å². The fourth-order valence-corrected chi connectivity index (χ4v) is 5.73. The minimum absolute atomic E-state index is 0.0503. The molecule has 8 nitrogen and oxygen atoms in total. The van der Waals surface area contributed by atoms with Gasteiger partial charge in [-0.25, -0.2) is 0 Å². The Bertz CT molecular complexity index is 1220. The van der Waals surface area contributed by atoms with Gasteiger partial charge in [0.15, 0.2) is 11.5 Å². The Morgan fingerprint density at radius 2 is 1.85 bits per heavy atom. The Morgan fingerprint density at radius 3 is 2.46 bits per heavy atom. The maximum Gasteiger partial charge on any atom is 0.302 e. The van der Waals surface area contributed by atoms with Crippen LogP contribution in [-0.4, -0.2) is 86.0 Å². The average molecular weight is 536 g/mol. The van der Waals surface area contributed by atoms with E-state index in [1.54, 1.807) is 12.0 Å². The highest BCUT2D eigenvalue weighted by Crippen LogP contribution is 2.42. The number of hydrogen-bond donors (Lipinski definition) is 0. The van der Waals surface area contributed by atoms with Crippen LogP contribution in [0.1, 0.15) is 74.0 Å². The van der Waals surface area contributed by atoms with E-state index in [-0.39, 0.29) is 42.5 Å². The van der Waals surface area contributed by atoms with Crippen molar-refractivity contribution in [2.45, 2.75) is 65.1 Å². The smallest absolute Gasteiger partial charge is 0.302 e. The lowest BCUT2D eigenvalue weighted by Gasteiger charge is -2.39. The molecule has 0 aromatic heterocycles. The van der Waals surface area contributed by atoms with Crippen molar-refractivity contribution in [2.75, 3.05) is 40.5 Å². The summed E-state index contributed by atoms with van der Waals surface area (Å²) < 4.78 is 16.8. The fourth-order valence-electron chi connectivity index (χ4n) is 5.73. The van der Waals surface area contributed by atoms with Gasteiger partial charge in [-0.3, -0.25) is 14.6 Å². The van der Waals surface area contributed by atoms with Crippen LogP contribution in [0.25, 0.3) is 0 Å². The number of carbonyl (C=O) groups is 2. The first-order chi connectivity index (χ1) is 18.6. The predicted octanol–water partition coefficient (Wildman–Crippen LogP) is 4.53. The minimum Gasteiger partial charge on any atom is -0.493 e. The zero-order chi connectivity index (χ0) is 28.3. The molecule has 0 bridgehead atoms. The fraction of sp³-hybridized carbons (Fsp3) is 0.516. The van der Waals surface area contributed by atoms with Crippen LogP contribution < -0.4 is 9.47 Å². The Kier molecular flexibility index (Phi) is 8.95. The van der Waals surface area contributed by atoms with E-state index < -0.39 is 0 Å². The molecule has 0 spiro atoms. The molecule has 3 atom stereocenters. The molecule has 0 unspecified atom stereocenters. The van der Waals surface area contributed by atoms with Crippen LogP contribution in [0, 0.1) is 0 Å². The molecule has 210 valence electrons. The highest BCUT2D eigenvalue weighted by molar-refractivity contribution is 6.15. The van der Waals surface area contributed by atoms with Crippen molar-refractivity contribution in [1.29, 1.82) is 0 Å². The Balaban J connectivity index is 1.68. The molecule has 0 aliphatic carbocycles. The number of piperidine rings is 1. The van der Waals surface area contributed by atoms with E-state index in [4.69, 9.17) is 19.2 Å². The number of esters is 1. The Morgan fingerprint density at radius 1 is 1.13 bits per heavy atom. The topological polar surface area (TPSA) is 80.7 Å². The number of rotatable bonds is 9. The minimum atomic E-state index is -0.354. The van der Waals surface area contributed by atoms with E-state index in [1.807, 2.05) is 58.0 Å². The molecule has 0 saturated carbocycles. The third kappa shape index (κ3) is 6.11. The largest absolute Gasteiger partial charge is 0.493 e. The lowest BCUT2D eigenvalue weighted by Crippen LogP contribution is -2.45. The van der Waals surface area contributed by atoms with Crippen LogP contribution in [0.3, 0.4) is 0 Å². The van der Waals surface area contributed by atoms with Crippen molar-refractivity contribution in [1.82, 2.24) is 9.80 Å². The van der Waals surface area contributed by atoms with E-state index in [0.29, 0.717) is 17.9 Å². The number of ether oxygens (including phenoxy) is 3. The van der Waals surface area contributed by atoms with Gasteiger partial charge in [0.2, 0.25) is 0 Å². The number of aliphatic imine (C=N–C) groups is 1. The van der Waals surface area contributed by atoms with Crippen molar-refractivity contribution in [3.8, 4) is 11.5 Å². The van der Waals surface area contributed by atoms with Crippen molar-refractivity contribution in [2.24, 2.45) is 4.99 Å². The Labute approximate surface area is 231 Å². The molecule has 1 fully saturated rings. The summed E-state index contributed by atoms with van der Waals surface area (Å²) in [6.45, 7) is 11.8. The van der Waals surface area contributed by atoms with Gasteiger partial charge in [0, 0.05) is 42.1 Å². The summed E-state index contributed by atoms with van der Waals surface area (Å²) in [4.78, 5) is 34.2. The highest BCUT2D eigenvalue weighted by atomic mass is 16.5. The van der Waals surface area contributed by atoms with Gasteiger partial charge in [0.1, 0.15) is 6.61 Å². The third-order valence-electron chi connectivity index (χ3n) is 7.56. The molecule has 2 heterocycles. The lowest BCUT2D eigenvalue weighted by atomic mass is 9.79. The second-order valence-electron chi connectivity index (χ2n) is 10.8. The second-order valence-corrected chi connectivity index (χ2v) is 10.8. The van der Waals surface area contributed by atoms with Crippen LogP contribution in [0.4, 0.5) is 0 Å². The van der Waals surface area contributed by atoms with Crippen LogP contribution in [0.2, 0.25) is 0 Å². The van der Waals surface area contributed by atoms with Crippen LogP contribution >= 0.6 is 0 Å². The molecule has 0 radical (unpaired) electrons. The predicted molar refractivity (Wildman–Crippen MR) is 152 cm³/mol. The number of methoxy groups -OCH3 is 1. The van der Waals surface area contributed by atoms with E-state index in [0.717, 1.165) is 42.1 Å². The third-order valence-corrected chi connectivity index (χ3v) is 7.56. The monoisotopic (exact) mass is 535 g/mol. The number of nitrogens with zero attached hydrogens (tertiary/aromatic N) is 3. The van der Waals surface area contributed by atoms with Crippen LogP contribution in [-0.2, 0) is 9.53 Å². The standard InChI is InChI=1S/C31H41N3O5/c1-8-38-29-15-24-25(16-28(29)37-7)30(32-27-13-14-33(6)17-26(24)27)22-9-11-23(12-10-22)31(36)34(19(2)3)20(4)18-39-21(5)35/h9-12,15-16,19-20,26-27H,8,13-14,17-18H2,1-7H3/t20-,26+,27+/m0/s1. The molecule has 8 heteroatoms. The summed E-state index contributed by atoms with van der Waals surface area (Å²) in [5, 5.41) is 0. The highest BCUT2D eigenvalue weighted by Gasteiger charge is 2.36. The van der Waals surface area contributed by atoms with Gasteiger partial charge >= 0.3 is 5.97 Å². The van der Waals surface area contributed by atoms with Crippen molar-refractivity contribution in [3.63, 3.8) is 0 Å². The number of carbonyl (C=O) groups excluding carboxylic acids is 2. The molecular weight excluding hydrogens is 494 g/mol. The Hall–Kier alpha value is -3.39. The maximum atomic E-state index is 13.5. The second kappa shape index (κ2) is 12.2. The van der Waals surface area contributed by atoms with Crippen LogP contribution in [0.15, 0.2) is 41.4 Å². The quantitative estimate of drug-likeness (QED) is 0.439. The van der Waals surface area contributed by atoms with Gasteiger partial charge in [0.25, 0.3) is 5.91 Å². The molecule has 2 aliphatic rings. The average Bonchev–Trinajstić information content (AvgIpc) is 2.91.